The second kappa shape index (κ2) is 6.60. The van der Waals surface area contributed by atoms with Crippen LogP contribution in [-0.4, -0.2) is 11.9 Å². The second-order valence-electron chi connectivity index (χ2n) is 4.98. The fourth-order valence-corrected chi connectivity index (χ4v) is 2.99. The molecule has 0 radical (unpaired) electrons. The summed E-state index contributed by atoms with van der Waals surface area (Å²) < 4.78 is 0. The van der Waals surface area contributed by atoms with Crippen LogP contribution in [0.2, 0.25) is 10.0 Å². The molecule has 0 spiro atoms. The van der Waals surface area contributed by atoms with Gasteiger partial charge in [0.25, 0.3) is 0 Å². The van der Waals surface area contributed by atoms with Gasteiger partial charge < -0.3 is 5.73 Å². The van der Waals surface area contributed by atoms with E-state index in [2.05, 4.69) is 5.32 Å². The first kappa shape index (κ1) is 14.6. The molecule has 0 aromatic heterocycles. The van der Waals surface area contributed by atoms with Crippen LogP contribution in [0.25, 0.3) is 0 Å². The first-order valence-electron chi connectivity index (χ1n) is 6.59. The van der Waals surface area contributed by atoms with E-state index < -0.39 is 11.9 Å². The Hall–Kier alpha value is -0.770. The van der Waals surface area contributed by atoms with Gasteiger partial charge in [0.05, 0.1) is 10.0 Å². The fourth-order valence-electron chi connectivity index (χ4n) is 2.57. The van der Waals surface area contributed by atoms with E-state index in [0.717, 1.165) is 12.8 Å². The maximum absolute atomic E-state index is 11.7. The van der Waals surface area contributed by atoms with Gasteiger partial charge in [0.1, 0.15) is 6.04 Å². The normalized spacial score (nSPS) is 18.2. The van der Waals surface area contributed by atoms with Gasteiger partial charge in [-0.2, -0.15) is 0 Å². The number of primary amides is 1. The van der Waals surface area contributed by atoms with Crippen molar-refractivity contribution in [3.05, 3.63) is 33.8 Å². The molecule has 104 valence electrons. The fraction of sp³-hybridized carbons (Fsp3) is 0.500. The summed E-state index contributed by atoms with van der Waals surface area (Å²) in [6, 6.07) is 5.02. The lowest BCUT2D eigenvalue weighted by Gasteiger charge is -2.27. The molecule has 1 aliphatic rings. The number of halogens is 2. The summed E-state index contributed by atoms with van der Waals surface area (Å²) in [5.74, 6) is -0.422. The van der Waals surface area contributed by atoms with Gasteiger partial charge in [-0.05, 0) is 24.5 Å². The molecule has 1 saturated carbocycles. The molecule has 1 aliphatic carbocycles. The van der Waals surface area contributed by atoms with Gasteiger partial charge in [-0.3, -0.25) is 10.1 Å². The Morgan fingerprint density at radius 1 is 1.26 bits per heavy atom. The first-order valence-corrected chi connectivity index (χ1v) is 7.34. The van der Waals surface area contributed by atoms with Crippen LogP contribution in [0, 0.1) is 0 Å². The molecule has 0 saturated heterocycles. The highest BCUT2D eigenvalue weighted by atomic mass is 35.5. The second-order valence-corrected chi connectivity index (χ2v) is 5.77. The predicted molar refractivity (Wildman–Crippen MR) is 78.4 cm³/mol. The van der Waals surface area contributed by atoms with E-state index in [1.54, 1.807) is 18.2 Å². The van der Waals surface area contributed by atoms with E-state index in [1.165, 1.54) is 19.3 Å². The molecule has 0 heterocycles. The van der Waals surface area contributed by atoms with E-state index >= 15 is 0 Å². The molecule has 5 heteroatoms. The summed E-state index contributed by atoms with van der Waals surface area (Å²) in [4.78, 5) is 11.7. The molecule has 0 bridgehead atoms. The number of carbonyl (C=O) groups is 1. The molecule has 19 heavy (non-hydrogen) atoms. The third-order valence-electron chi connectivity index (χ3n) is 3.58. The SMILES string of the molecule is NC(=O)C(NC1CCCCC1)c1cccc(Cl)c1Cl. The molecule has 1 unspecified atom stereocenters. The maximum Gasteiger partial charge on any atom is 0.239 e. The summed E-state index contributed by atoms with van der Waals surface area (Å²) in [5.41, 5.74) is 6.16. The lowest BCUT2D eigenvalue weighted by atomic mass is 9.94. The molecule has 1 fully saturated rings. The Balaban J connectivity index is 2.19. The van der Waals surface area contributed by atoms with Crippen molar-refractivity contribution in [1.82, 2.24) is 5.32 Å². The molecule has 1 amide bonds. The number of benzene rings is 1. The van der Waals surface area contributed by atoms with E-state index in [1.807, 2.05) is 0 Å². The number of hydrogen-bond donors (Lipinski definition) is 2. The third kappa shape index (κ3) is 3.62. The Morgan fingerprint density at radius 3 is 2.58 bits per heavy atom. The van der Waals surface area contributed by atoms with Crippen LogP contribution >= 0.6 is 23.2 Å². The number of nitrogens with one attached hydrogen (secondary N) is 1. The van der Waals surface area contributed by atoms with Crippen molar-refractivity contribution in [3.63, 3.8) is 0 Å². The standard InChI is InChI=1S/C14H18Cl2N2O/c15-11-8-4-7-10(12(11)16)13(14(17)19)18-9-5-2-1-3-6-9/h4,7-9,13,18H,1-3,5-6H2,(H2,17,19). The van der Waals surface area contributed by atoms with Gasteiger partial charge in [0.2, 0.25) is 5.91 Å². The number of nitrogens with two attached hydrogens (primary N) is 1. The molecular formula is C14H18Cl2N2O. The molecule has 0 aliphatic heterocycles. The minimum atomic E-state index is -0.575. The van der Waals surface area contributed by atoms with Gasteiger partial charge in [-0.25, -0.2) is 0 Å². The highest BCUT2D eigenvalue weighted by Crippen LogP contribution is 2.31. The average Bonchev–Trinajstić information content (AvgIpc) is 2.40. The quantitative estimate of drug-likeness (QED) is 0.895. The van der Waals surface area contributed by atoms with Crippen LogP contribution < -0.4 is 11.1 Å². The van der Waals surface area contributed by atoms with E-state index in [0.29, 0.717) is 21.7 Å². The van der Waals surface area contributed by atoms with Crippen molar-refractivity contribution in [1.29, 1.82) is 0 Å². The minimum absolute atomic E-state index is 0.321. The van der Waals surface area contributed by atoms with Crippen molar-refractivity contribution in [3.8, 4) is 0 Å². The minimum Gasteiger partial charge on any atom is -0.368 e. The van der Waals surface area contributed by atoms with Crippen LogP contribution in [0.4, 0.5) is 0 Å². The highest BCUT2D eigenvalue weighted by Gasteiger charge is 2.25. The summed E-state index contributed by atoms with van der Waals surface area (Å²) in [6.07, 6.45) is 5.78. The highest BCUT2D eigenvalue weighted by molar-refractivity contribution is 6.42. The van der Waals surface area contributed by atoms with E-state index in [-0.39, 0.29) is 0 Å². The van der Waals surface area contributed by atoms with E-state index in [4.69, 9.17) is 28.9 Å². The smallest absolute Gasteiger partial charge is 0.239 e. The first-order chi connectivity index (χ1) is 9.09. The number of amides is 1. The molecule has 1 atom stereocenters. The summed E-state index contributed by atoms with van der Waals surface area (Å²) >= 11 is 12.2. The van der Waals surface area contributed by atoms with Crippen molar-refractivity contribution < 1.29 is 4.79 Å². The number of hydrogen-bond acceptors (Lipinski definition) is 2. The molecule has 1 aromatic carbocycles. The Morgan fingerprint density at radius 2 is 1.95 bits per heavy atom. The lowest BCUT2D eigenvalue weighted by molar-refractivity contribution is -0.120. The molecular weight excluding hydrogens is 283 g/mol. The van der Waals surface area contributed by atoms with Crippen molar-refractivity contribution in [2.75, 3.05) is 0 Å². The summed E-state index contributed by atoms with van der Waals surface area (Å²) in [7, 11) is 0. The molecule has 1 aromatic rings. The van der Waals surface area contributed by atoms with Gasteiger partial charge in [-0.15, -0.1) is 0 Å². The third-order valence-corrected chi connectivity index (χ3v) is 4.42. The largest absolute Gasteiger partial charge is 0.368 e. The zero-order valence-corrected chi connectivity index (χ0v) is 12.2. The van der Waals surface area contributed by atoms with Crippen LogP contribution in [0.15, 0.2) is 18.2 Å². The number of carbonyl (C=O) groups excluding carboxylic acids is 1. The monoisotopic (exact) mass is 300 g/mol. The van der Waals surface area contributed by atoms with Crippen LogP contribution in [0.1, 0.15) is 43.7 Å². The lowest BCUT2D eigenvalue weighted by Crippen LogP contribution is -2.41. The number of rotatable bonds is 4. The molecule has 3 N–H and O–H groups in total. The van der Waals surface area contributed by atoms with Crippen molar-refractivity contribution in [2.24, 2.45) is 5.73 Å². The average molecular weight is 301 g/mol. The zero-order valence-electron chi connectivity index (χ0n) is 10.7. The summed E-state index contributed by atoms with van der Waals surface area (Å²) in [6.45, 7) is 0. The topological polar surface area (TPSA) is 55.1 Å². The van der Waals surface area contributed by atoms with Crippen LogP contribution in [-0.2, 0) is 4.79 Å². The molecule has 3 nitrogen and oxygen atoms in total. The zero-order chi connectivity index (χ0) is 13.8. The summed E-state index contributed by atoms with van der Waals surface area (Å²) in [5, 5.41) is 4.16. The Labute approximate surface area is 123 Å². The maximum atomic E-state index is 11.7. The van der Waals surface area contributed by atoms with Gasteiger partial charge in [-0.1, -0.05) is 54.6 Å². The Bertz CT molecular complexity index is 459. The van der Waals surface area contributed by atoms with Crippen LogP contribution in [0.3, 0.4) is 0 Å². The van der Waals surface area contributed by atoms with Gasteiger partial charge in [0, 0.05) is 6.04 Å². The van der Waals surface area contributed by atoms with Crippen LogP contribution in [0.5, 0.6) is 0 Å². The van der Waals surface area contributed by atoms with Crippen molar-refractivity contribution >= 4 is 29.1 Å². The van der Waals surface area contributed by atoms with E-state index in [9.17, 15) is 4.79 Å². The molecule has 2 rings (SSSR count). The van der Waals surface area contributed by atoms with Crippen molar-refractivity contribution in [2.45, 2.75) is 44.2 Å². The van der Waals surface area contributed by atoms with Gasteiger partial charge >= 0.3 is 0 Å². The van der Waals surface area contributed by atoms with Gasteiger partial charge in [0.15, 0.2) is 0 Å². The Kier molecular flexibility index (Phi) is 5.08. The predicted octanol–water partition coefficient (Wildman–Crippen LogP) is 3.44.